The normalized spacial score (nSPS) is 14.9. The molecule has 0 saturated carbocycles. The van der Waals surface area contributed by atoms with Crippen LogP contribution >= 0.6 is 0 Å². The third kappa shape index (κ3) is 4.69. The molecule has 37 heavy (non-hydrogen) atoms. The molecule has 0 spiro atoms. The minimum Gasteiger partial charge on any atom is -0.493 e. The SMILES string of the molecule is COc1cc([C@@H]2c3c(oc4ccc(C)cc4c3=O)C(=O)N2Cc2cccnc2)ccc1OCCC(C)C. The van der Waals surface area contributed by atoms with Gasteiger partial charge in [-0.3, -0.25) is 14.6 Å². The quantitative estimate of drug-likeness (QED) is 0.311. The van der Waals surface area contributed by atoms with Gasteiger partial charge in [0.15, 0.2) is 16.9 Å². The van der Waals surface area contributed by atoms with Crippen LogP contribution in [0.25, 0.3) is 11.0 Å². The lowest BCUT2D eigenvalue weighted by Crippen LogP contribution is -2.29. The van der Waals surface area contributed by atoms with Gasteiger partial charge in [-0.2, -0.15) is 0 Å². The molecule has 1 aliphatic heterocycles. The minimum absolute atomic E-state index is 0.0754. The summed E-state index contributed by atoms with van der Waals surface area (Å²) in [4.78, 5) is 33.4. The molecule has 0 radical (unpaired) electrons. The summed E-state index contributed by atoms with van der Waals surface area (Å²) in [7, 11) is 1.58. The highest BCUT2D eigenvalue weighted by Gasteiger charge is 2.43. The third-order valence-corrected chi connectivity index (χ3v) is 6.65. The van der Waals surface area contributed by atoms with E-state index in [2.05, 4.69) is 18.8 Å². The Bertz CT molecular complexity index is 1510. The maximum atomic E-state index is 13.8. The van der Waals surface area contributed by atoms with Crippen LogP contribution in [-0.4, -0.2) is 29.5 Å². The largest absolute Gasteiger partial charge is 0.493 e. The first-order chi connectivity index (χ1) is 17.9. The van der Waals surface area contributed by atoms with Gasteiger partial charge in [-0.05, 0) is 60.7 Å². The van der Waals surface area contributed by atoms with E-state index in [9.17, 15) is 9.59 Å². The van der Waals surface area contributed by atoms with Crippen LogP contribution in [0, 0.1) is 12.8 Å². The van der Waals surface area contributed by atoms with Crippen molar-refractivity contribution in [2.75, 3.05) is 13.7 Å². The monoisotopic (exact) mass is 498 g/mol. The van der Waals surface area contributed by atoms with Gasteiger partial charge in [0.1, 0.15) is 5.58 Å². The maximum absolute atomic E-state index is 13.8. The van der Waals surface area contributed by atoms with E-state index in [1.54, 1.807) is 36.5 Å². The zero-order valence-electron chi connectivity index (χ0n) is 21.5. The summed E-state index contributed by atoms with van der Waals surface area (Å²) in [5, 5.41) is 0.459. The summed E-state index contributed by atoms with van der Waals surface area (Å²) >= 11 is 0. The second-order valence-corrected chi connectivity index (χ2v) is 9.81. The number of hydrogen-bond acceptors (Lipinski definition) is 6. The van der Waals surface area contributed by atoms with Crippen molar-refractivity contribution in [2.45, 2.75) is 39.8 Å². The van der Waals surface area contributed by atoms with Crippen LogP contribution in [0.15, 0.2) is 70.1 Å². The lowest BCUT2D eigenvalue weighted by atomic mass is 9.97. The number of nitrogens with zero attached hydrogens (tertiary/aromatic N) is 2. The van der Waals surface area contributed by atoms with Crippen LogP contribution in [-0.2, 0) is 6.54 Å². The highest BCUT2D eigenvalue weighted by Crippen LogP contribution is 2.41. The van der Waals surface area contributed by atoms with E-state index in [1.807, 2.05) is 43.3 Å². The van der Waals surface area contributed by atoms with Crippen molar-refractivity contribution in [1.82, 2.24) is 9.88 Å². The van der Waals surface area contributed by atoms with E-state index < -0.39 is 6.04 Å². The molecule has 5 rings (SSSR count). The van der Waals surface area contributed by atoms with E-state index in [4.69, 9.17) is 13.9 Å². The van der Waals surface area contributed by atoms with Crippen LogP contribution in [0.1, 0.15) is 59.1 Å². The number of amides is 1. The summed E-state index contributed by atoms with van der Waals surface area (Å²) in [5.41, 5.74) is 3.06. The van der Waals surface area contributed by atoms with E-state index in [0.717, 1.165) is 23.1 Å². The fraction of sp³-hybridized carbons (Fsp3) is 0.300. The number of hydrogen-bond donors (Lipinski definition) is 0. The minimum atomic E-state index is -0.650. The Hall–Kier alpha value is -4.13. The Labute approximate surface area is 215 Å². The summed E-state index contributed by atoms with van der Waals surface area (Å²) in [6, 6.07) is 14.1. The van der Waals surface area contributed by atoms with Gasteiger partial charge in [-0.25, -0.2) is 0 Å². The third-order valence-electron chi connectivity index (χ3n) is 6.65. The molecule has 4 aromatic rings. The lowest BCUT2D eigenvalue weighted by molar-refractivity contribution is 0.0714. The van der Waals surface area contributed by atoms with Crippen molar-refractivity contribution in [2.24, 2.45) is 5.92 Å². The molecule has 0 unspecified atom stereocenters. The topological polar surface area (TPSA) is 81.9 Å². The highest BCUT2D eigenvalue weighted by atomic mass is 16.5. The van der Waals surface area contributed by atoms with Crippen molar-refractivity contribution >= 4 is 16.9 Å². The molecule has 0 bridgehead atoms. The summed E-state index contributed by atoms with van der Waals surface area (Å²) in [5.74, 6) is 1.43. The number of ether oxygens (including phenoxy) is 2. The van der Waals surface area contributed by atoms with E-state index >= 15 is 0 Å². The Morgan fingerprint density at radius 1 is 1.08 bits per heavy atom. The van der Waals surface area contributed by atoms with Gasteiger partial charge in [0.2, 0.25) is 5.76 Å². The van der Waals surface area contributed by atoms with Gasteiger partial charge in [0.25, 0.3) is 5.91 Å². The van der Waals surface area contributed by atoms with Gasteiger partial charge in [-0.1, -0.05) is 37.6 Å². The Kier molecular flexibility index (Phi) is 6.70. The standard InChI is InChI=1S/C30H30N2O5/c1-18(2)11-13-36-24-10-8-21(15-25(24)35-4)27-26-28(33)22-14-19(3)7-9-23(22)37-29(26)30(34)32(27)17-20-6-5-12-31-16-20/h5-10,12,14-16,18,27H,11,13,17H2,1-4H3/t27-/m1/s1. The molecule has 7 heteroatoms. The number of aromatic nitrogens is 1. The molecule has 1 aliphatic rings. The number of fused-ring (bicyclic) bond motifs is 2. The molecule has 1 atom stereocenters. The fourth-order valence-electron chi connectivity index (χ4n) is 4.71. The number of methoxy groups -OCH3 is 1. The maximum Gasteiger partial charge on any atom is 0.291 e. The van der Waals surface area contributed by atoms with Crippen molar-refractivity contribution in [3.05, 3.63) is 99.2 Å². The molecule has 3 heterocycles. The van der Waals surface area contributed by atoms with Gasteiger partial charge in [0.05, 0.1) is 30.7 Å². The molecule has 7 nitrogen and oxygen atoms in total. The van der Waals surface area contributed by atoms with Crippen LogP contribution in [0.3, 0.4) is 0 Å². The van der Waals surface area contributed by atoms with Crippen LogP contribution in [0.4, 0.5) is 0 Å². The van der Waals surface area contributed by atoms with Crippen LogP contribution in [0.2, 0.25) is 0 Å². The average molecular weight is 499 g/mol. The van der Waals surface area contributed by atoms with Gasteiger partial charge < -0.3 is 18.8 Å². The van der Waals surface area contributed by atoms with E-state index in [-0.39, 0.29) is 23.6 Å². The van der Waals surface area contributed by atoms with Crippen molar-refractivity contribution in [3.8, 4) is 11.5 Å². The zero-order valence-corrected chi connectivity index (χ0v) is 21.5. The number of aryl methyl sites for hydroxylation is 1. The van der Waals surface area contributed by atoms with Gasteiger partial charge in [-0.15, -0.1) is 0 Å². The predicted octanol–water partition coefficient (Wildman–Crippen LogP) is 5.68. The van der Waals surface area contributed by atoms with Crippen LogP contribution in [0.5, 0.6) is 11.5 Å². The number of benzene rings is 2. The number of pyridine rings is 1. The van der Waals surface area contributed by atoms with Gasteiger partial charge >= 0.3 is 0 Å². The molecule has 0 fully saturated rings. The van der Waals surface area contributed by atoms with E-state index in [1.165, 1.54) is 0 Å². The smallest absolute Gasteiger partial charge is 0.291 e. The second-order valence-electron chi connectivity index (χ2n) is 9.81. The molecule has 2 aromatic carbocycles. The van der Waals surface area contributed by atoms with E-state index in [0.29, 0.717) is 40.6 Å². The molecular formula is C30H30N2O5. The molecular weight excluding hydrogens is 468 g/mol. The molecule has 190 valence electrons. The predicted molar refractivity (Wildman–Crippen MR) is 141 cm³/mol. The summed E-state index contributed by atoms with van der Waals surface area (Å²) in [6.07, 6.45) is 4.32. The summed E-state index contributed by atoms with van der Waals surface area (Å²) < 4.78 is 17.7. The molecule has 0 aliphatic carbocycles. The molecule has 2 aromatic heterocycles. The molecule has 0 saturated heterocycles. The lowest BCUT2D eigenvalue weighted by Gasteiger charge is -2.26. The first-order valence-electron chi connectivity index (χ1n) is 12.5. The first-order valence-corrected chi connectivity index (χ1v) is 12.5. The second kappa shape index (κ2) is 10.1. The number of carbonyl (C=O) groups excluding carboxylic acids is 1. The first kappa shape index (κ1) is 24.6. The molecule has 0 N–H and O–H groups in total. The summed E-state index contributed by atoms with van der Waals surface area (Å²) in [6.45, 7) is 7.05. The van der Waals surface area contributed by atoms with Crippen molar-refractivity contribution in [3.63, 3.8) is 0 Å². The van der Waals surface area contributed by atoms with Crippen molar-refractivity contribution in [1.29, 1.82) is 0 Å². The average Bonchev–Trinajstić information content (AvgIpc) is 3.16. The molecule has 1 amide bonds. The van der Waals surface area contributed by atoms with Crippen LogP contribution < -0.4 is 14.9 Å². The fourth-order valence-corrected chi connectivity index (χ4v) is 4.71. The highest BCUT2D eigenvalue weighted by molar-refractivity contribution is 5.99. The Morgan fingerprint density at radius 3 is 2.65 bits per heavy atom. The Balaban J connectivity index is 1.64. The number of carbonyl (C=O) groups is 1. The zero-order chi connectivity index (χ0) is 26.1. The number of rotatable bonds is 8. The van der Waals surface area contributed by atoms with Gasteiger partial charge in [0, 0.05) is 18.9 Å². The Morgan fingerprint density at radius 2 is 1.92 bits per heavy atom. The van der Waals surface area contributed by atoms with Crippen molar-refractivity contribution < 1.29 is 18.7 Å².